The monoisotopic (exact) mass is 288 g/mol. The average Bonchev–Trinajstić information content (AvgIpc) is 2.81. The lowest BCUT2D eigenvalue weighted by atomic mass is 9.86. The highest BCUT2D eigenvalue weighted by molar-refractivity contribution is 7.09. The lowest BCUT2D eigenvalue weighted by Crippen LogP contribution is -2.19. The topological polar surface area (TPSA) is 24.9 Å². The number of rotatable bonds is 4. The Hall–Kier alpha value is -1.19. The fourth-order valence-electron chi connectivity index (χ4n) is 2.27. The van der Waals surface area contributed by atoms with Gasteiger partial charge in [-0.15, -0.1) is 11.3 Å². The van der Waals surface area contributed by atoms with Crippen LogP contribution in [-0.4, -0.2) is 12.0 Å². The first-order chi connectivity index (χ1) is 9.40. The second-order valence-electron chi connectivity index (χ2n) is 6.30. The van der Waals surface area contributed by atoms with Gasteiger partial charge in [0.2, 0.25) is 0 Å². The van der Waals surface area contributed by atoms with Crippen LogP contribution in [0.1, 0.15) is 48.6 Å². The van der Waals surface area contributed by atoms with Crippen molar-refractivity contribution < 1.29 is 0 Å². The zero-order valence-electron chi connectivity index (χ0n) is 13.0. The van der Waals surface area contributed by atoms with Gasteiger partial charge in [0, 0.05) is 23.5 Å². The minimum atomic E-state index is 0.208. The quantitative estimate of drug-likeness (QED) is 0.909. The third-order valence-corrected chi connectivity index (χ3v) is 4.56. The molecule has 1 atom stereocenters. The third-order valence-electron chi connectivity index (χ3n) is 3.57. The summed E-state index contributed by atoms with van der Waals surface area (Å²) in [7, 11) is 2.02. The van der Waals surface area contributed by atoms with E-state index in [2.05, 4.69) is 60.7 Å². The molecule has 0 aliphatic heterocycles. The van der Waals surface area contributed by atoms with Crippen LogP contribution in [0.5, 0.6) is 0 Å². The van der Waals surface area contributed by atoms with Gasteiger partial charge in [0.05, 0.1) is 5.01 Å². The molecule has 108 valence electrons. The van der Waals surface area contributed by atoms with E-state index in [-0.39, 0.29) is 5.41 Å². The Kier molecular flexibility index (Phi) is 4.61. The van der Waals surface area contributed by atoms with E-state index >= 15 is 0 Å². The van der Waals surface area contributed by atoms with Crippen molar-refractivity contribution in [3.63, 3.8) is 0 Å². The maximum absolute atomic E-state index is 4.56. The van der Waals surface area contributed by atoms with E-state index in [1.54, 1.807) is 11.3 Å². The van der Waals surface area contributed by atoms with Gasteiger partial charge >= 0.3 is 0 Å². The van der Waals surface area contributed by atoms with Crippen LogP contribution in [0.2, 0.25) is 0 Å². The van der Waals surface area contributed by atoms with Crippen molar-refractivity contribution in [2.24, 2.45) is 0 Å². The van der Waals surface area contributed by atoms with E-state index in [1.165, 1.54) is 16.1 Å². The van der Waals surface area contributed by atoms with E-state index < -0.39 is 0 Å². The van der Waals surface area contributed by atoms with Crippen molar-refractivity contribution in [3.05, 3.63) is 51.5 Å². The molecule has 0 radical (unpaired) electrons. The molecule has 20 heavy (non-hydrogen) atoms. The molecule has 0 saturated heterocycles. The molecule has 1 heterocycles. The zero-order valence-corrected chi connectivity index (χ0v) is 13.8. The number of benzene rings is 1. The van der Waals surface area contributed by atoms with Gasteiger partial charge in [-0.1, -0.05) is 45.0 Å². The Morgan fingerprint density at radius 1 is 1.20 bits per heavy atom. The highest BCUT2D eigenvalue weighted by Crippen LogP contribution is 2.25. The number of hydrogen-bond donors (Lipinski definition) is 1. The molecule has 0 aliphatic carbocycles. The largest absolute Gasteiger partial charge is 0.313 e. The van der Waals surface area contributed by atoms with E-state index in [0.29, 0.717) is 6.04 Å². The van der Waals surface area contributed by atoms with E-state index in [4.69, 9.17) is 0 Å². The number of aromatic nitrogens is 1. The fourth-order valence-corrected chi connectivity index (χ4v) is 3.09. The summed E-state index contributed by atoms with van der Waals surface area (Å²) in [6.45, 7) is 8.79. The van der Waals surface area contributed by atoms with E-state index in [1.807, 2.05) is 14.0 Å². The first-order valence-corrected chi connectivity index (χ1v) is 7.97. The molecule has 0 bridgehead atoms. The predicted octanol–water partition coefficient (Wildman–Crippen LogP) is 4.25. The smallest absolute Gasteiger partial charge is 0.0947 e. The lowest BCUT2D eigenvalue weighted by Gasteiger charge is -2.21. The normalized spacial score (nSPS) is 13.4. The molecule has 2 aromatic rings. The van der Waals surface area contributed by atoms with Crippen LogP contribution >= 0.6 is 11.3 Å². The van der Waals surface area contributed by atoms with Crippen LogP contribution in [0, 0.1) is 6.92 Å². The summed E-state index contributed by atoms with van der Waals surface area (Å²) in [5, 5.41) is 6.71. The summed E-state index contributed by atoms with van der Waals surface area (Å²) in [5.41, 5.74) is 4.03. The summed E-state index contributed by atoms with van der Waals surface area (Å²) in [5.74, 6) is 0. The fraction of sp³-hybridized carbons (Fsp3) is 0.471. The molecule has 3 heteroatoms. The van der Waals surface area contributed by atoms with Crippen LogP contribution in [-0.2, 0) is 11.8 Å². The molecule has 0 saturated carbocycles. The second kappa shape index (κ2) is 6.06. The first-order valence-electron chi connectivity index (χ1n) is 7.09. The van der Waals surface area contributed by atoms with Crippen LogP contribution in [0.15, 0.2) is 29.6 Å². The van der Waals surface area contributed by atoms with Crippen LogP contribution < -0.4 is 5.32 Å². The van der Waals surface area contributed by atoms with Gasteiger partial charge < -0.3 is 5.32 Å². The maximum Gasteiger partial charge on any atom is 0.0947 e. The van der Waals surface area contributed by atoms with Gasteiger partial charge in [0.25, 0.3) is 0 Å². The highest BCUT2D eigenvalue weighted by atomic mass is 32.1. The van der Waals surface area contributed by atoms with Crippen molar-refractivity contribution >= 4 is 11.3 Å². The van der Waals surface area contributed by atoms with Gasteiger partial charge in [-0.2, -0.15) is 0 Å². The Balaban J connectivity index is 2.15. The van der Waals surface area contributed by atoms with Gasteiger partial charge in [0.15, 0.2) is 0 Å². The summed E-state index contributed by atoms with van der Waals surface area (Å²) in [6, 6.07) is 9.29. The average molecular weight is 288 g/mol. The molecular weight excluding hydrogens is 264 g/mol. The van der Waals surface area contributed by atoms with Gasteiger partial charge in [-0.3, -0.25) is 0 Å². The molecule has 0 aliphatic rings. The van der Waals surface area contributed by atoms with E-state index in [9.17, 15) is 0 Å². The number of hydrogen-bond acceptors (Lipinski definition) is 3. The first kappa shape index (κ1) is 15.2. The summed E-state index contributed by atoms with van der Waals surface area (Å²) >= 11 is 1.74. The Morgan fingerprint density at radius 2 is 1.85 bits per heavy atom. The summed E-state index contributed by atoms with van der Waals surface area (Å²) in [6.07, 6.45) is 0.948. The van der Waals surface area contributed by atoms with Crippen LogP contribution in [0.3, 0.4) is 0 Å². The van der Waals surface area contributed by atoms with Gasteiger partial charge in [-0.05, 0) is 30.5 Å². The molecule has 0 fully saturated rings. The van der Waals surface area contributed by atoms with Crippen molar-refractivity contribution in [1.29, 1.82) is 0 Å². The van der Waals surface area contributed by atoms with E-state index in [0.717, 1.165) is 12.1 Å². The predicted molar refractivity (Wildman–Crippen MR) is 87.5 cm³/mol. The van der Waals surface area contributed by atoms with Gasteiger partial charge in [-0.25, -0.2) is 4.98 Å². The number of nitrogens with one attached hydrogen (secondary N) is 1. The molecule has 0 amide bonds. The molecular formula is C17H24N2S. The van der Waals surface area contributed by atoms with Crippen LogP contribution in [0.4, 0.5) is 0 Å². The minimum Gasteiger partial charge on any atom is -0.313 e. The highest BCUT2D eigenvalue weighted by Gasteiger charge is 2.16. The number of aryl methyl sites for hydroxylation is 1. The van der Waals surface area contributed by atoms with Crippen molar-refractivity contribution in [1.82, 2.24) is 10.3 Å². The maximum atomic E-state index is 4.56. The second-order valence-corrected chi connectivity index (χ2v) is 7.24. The Labute approximate surface area is 126 Å². The van der Waals surface area contributed by atoms with Crippen molar-refractivity contribution in [2.75, 3.05) is 7.05 Å². The molecule has 1 unspecified atom stereocenters. The Bertz CT molecular complexity index is 549. The molecule has 2 nitrogen and oxygen atoms in total. The molecule has 1 aromatic carbocycles. The van der Waals surface area contributed by atoms with Crippen LogP contribution in [0.25, 0.3) is 0 Å². The number of likely N-dealkylation sites (N-methyl/N-ethyl adjacent to an activating group) is 1. The lowest BCUT2D eigenvalue weighted by molar-refractivity contribution is 0.579. The third kappa shape index (κ3) is 3.68. The molecule has 0 spiro atoms. The van der Waals surface area contributed by atoms with Gasteiger partial charge in [0.1, 0.15) is 0 Å². The minimum absolute atomic E-state index is 0.208. The molecule has 1 N–H and O–H groups in total. The number of thiazole rings is 1. The summed E-state index contributed by atoms with van der Waals surface area (Å²) < 4.78 is 0. The molecule has 2 rings (SSSR count). The van der Waals surface area contributed by atoms with Crippen molar-refractivity contribution in [3.8, 4) is 0 Å². The van der Waals surface area contributed by atoms with Crippen molar-refractivity contribution in [2.45, 2.75) is 45.6 Å². The summed E-state index contributed by atoms with van der Waals surface area (Å²) in [4.78, 5) is 4.56. The number of nitrogens with zero attached hydrogens (tertiary/aromatic N) is 1. The SMILES string of the molecule is CNC(Cc1nc(C)cs1)c1ccc(C(C)(C)C)cc1. The molecule has 1 aromatic heterocycles. The zero-order chi connectivity index (χ0) is 14.8. The standard InChI is InChI=1S/C17H24N2S/c1-12-11-20-16(19-12)10-15(18-5)13-6-8-14(9-7-13)17(2,3)4/h6-9,11,15,18H,10H2,1-5H3. The Morgan fingerprint density at radius 3 is 2.30 bits per heavy atom.